The van der Waals surface area contributed by atoms with E-state index >= 15 is 0 Å². The topological polar surface area (TPSA) is 78.5 Å². The van der Waals surface area contributed by atoms with E-state index in [1.807, 2.05) is 13.0 Å². The normalized spacial score (nSPS) is 16.4. The predicted molar refractivity (Wildman–Crippen MR) is 108 cm³/mol. The second kappa shape index (κ2) is 10.2. The predicted octanol–water partition coefficient (Wildman–Crippen LogP) is 2.21. The van der Waals surface area contributed by atoms with Crippen molar-refractivity contribution in [1.82, 2.24) is 14.9 Å². The molecular formula is C20H33N3O3S. The highest BCUT2D eigenvalue weighted by molar-refractivity contribution is 7.89. The molecule has 1 aliphatic rings. The number of likely N-dealkylation sites (tertiary alicyclic amines) is 1. The Morgan fingerprint density at radius 3 is 2.59 bits per heavy atom. The summed E-state index contributed by atoms with van der Waals surface area (Å²) in [6.45, 7) is 9.96. The van der Waals surface area contributed by atoms with E-state index in [-0.39, 0.29) is 23.8 Å². The summed E-state index contributed by atoms with van der Waals surface area (Å²) in [5.41, 5.74) is 1.59. The molecule has 1 fully saturated rings. The molecule has 7 heteroatoms. The van der Waals surface area contributed by atoms with Crippen LogP contribution in [0.3, 0.4) is 0 Å². The van der Waals surface area contributed by atoms with Crippen molar-refractivity contribution in [2.75, 3.05) is 32.7 Å². The van der Waals surface area contributed by atoms with Gasteiger partial charge in [-0.3, -0.25) is 4.79 Å². The summed E-state index contributed by atoms with van der Waals surface area (Å²) in [5.74, 6) is 0.708. The quantitative estimate of drug-likeness (QED) is 0.629. The van der Waals surface area contributed by atoms with Gasteiger partial charge in [-0.05, 0) is 75.9 Å². The van der Waals surface area contributed by atoms with Gasteiger partial charge in [0.15, 0.2) is 0 Å². The largest absolute Gasteiger partial charge is 0.356 e. The van der Waals surface area contributed by atoms with Gasteiger partial charge in [0.1, 0.15) is 0 Å². The number of aryl methyl sites for hydroxylation is 2. The van der Waals surface area contributed by atoms with Crippen LogP contribution in [-0.4, -0.2) is 51.9 Å². The van der Waals surface area contributed by atoms with E-state index < -0.39 is 10.0 Å². The van der Waals surface area contributed by atoms with Gasteiger partial charge in [-0.1, -0.05) is 19.1 Å². The molecular weight excluding hydrogens is 362 g/mol. The molecule has 0 radical (unpaired) electrons. The van der Waals surface area contributed by atoms with Crippen LogP contribution in [0.4, 0.5) is 0 Å². The van der Waals surface area contributed by atoms with Gasteiger partial charge in [0.25, 0.3) is 0 Å². The van der Waals surface area contributed by atoms with Gasteiger partial charge in [0.05, 0.1) is 4.90 Å². The van der Waals surface area contributed by atoms with Gasteiger partial charge in [0.2, 0.25) is 15.9 Å². The summed E-state index contributed by atoms with van der Waals surface area (Å²) < 4.78 is 27.3. The smallest absolute Gasteiger partial charge is 0.240 e. The lowest BCUT2D eigenvalue weighted by Crippen LogP contribution is -2.36. The monoisotopic (exact) mass is 395 g/mol. The first-order chi connectivity index (χ1) is 12.8. The first kappa shape index (κ1) is 21.9. The molecule has 0 bridgehead atoms. The number of hydrogen-bond acceptors (Lipinski definition) is 4. The number of piperidine rings is 1. The fourth-order valence-electron chi connectivity index (χ4n) is 3.28. The van der Waals surface area contributed by atoms with Gasteiger partial charge in [-0.15, -0.1) is 0 Å². The van der Waals surface area contributed by atoms with E-state index in [0.717, 1.165) is 37.5 Å². The van der Waals surface area contributed by atoms with Crippen LogP contribution in [0.5, 0.6) is 0 Å². The van der Waals surface area contributed by atoms with E-state index in [1.54, 1.807) is 19.1 Å². The molecule has 1 heterocycles. The maximum atomic E-state index is 12.4. The summed E-state index contributed by atoms with van der Waals surface area (Å²) in [6, 6.07) is 5.32. The molecule has 1 aromatic carbocycles. The van der Waals surface area contributed by atoms with E-state index in [0.29, 0.717) is 12.1 Å². The lowest BCUT2D eigenvalue weighted by Gasteiger charge is -2.30. The number of sulfonamides is 1. The van der Waals surface area contributed by atoms with Gasteiger partial charge in [-0.25, -0.2) is 13.1 Å². The molecule has 0 aliphatic carbocycles. The highest BCUT2D eigenvalue weighted by atomic mass is 32.2. The van der Waals surface area contributed by atoms with Crippen LogP contribution in [0.2, 0.25) is 0 Å². The Hall–Kier alpha value is -1.44. The average molecular weight is 396 g/mol. The average Bonchev–Trinajstić information content (AvgIpc) is 2.62. The van der Waals surface area contributed by atoms with Crippen LogP contribution in [-0.2, 0) is 14.8 Å². The Labute approximate surface area is 163 Å². The zero-order valence-electron chi connectivity index (χ0n) is 16.8. The van der Waals surface area contributed by atoms with E-state index in [1.165, 1.54) is 12.8 Å². The Balaban J connectivity index is 1.64. The molecule has 0 saturated carbocycles. The summed E-state index contributed by atoms with van der Waals surface area (Å²) in [5, 5.41) is 2.88. The number of amides is 1. The van der Waals surface area contributed by atoms with E-state index in [9.17, 15) is 13.2 Å². The van der Waals surface area contributed by atoms with Crippen molar-refractivity contribution in [3.8, 4) is 0 Å². The van der Waals surface area contributed by atoms with E-state index in [2.05, 4.69) is 21.9 Å². The standard InChI is InChI=1S/C20H33N3O3S/c1-16-8-13-23(14-9-16)12-4-10-21-20(24)7-11-22-27(25,26)19-15-17(2)5-6-18(19)3/h5-6,15-16,22H,4,7-14H2,1-3H3,(H,21,24). The fraction of sp³-hybridized carbons (Fsp3) is 0.650. The lowest BCUT2D eigenvalue weighted by atomic mass is 9.99. The van der Waals surface area contributed by atoms with Gasteiger partial charge >= 0.3 is 0 Å². The summed E-state index contributed by atoms with van der Waals surface area (Å²) in [7, 11) is -3.59. The molecule has 27 heavy (non-hydrogen) atoms. The maximum Gasteiger partial charge on any atom is 0.240 e. The summed E-state index contributed by atoms with van der Waals surface area (Å²) >= 11 is 0. The Bertz CT molecular complexity index is 726. The van der Waals surface area contributed by atoms with Crippen molar-refractivity contribution >= 4 is 15.9 Å². The highest BCUT2D eigenvalue weighted by Gasteiger charge is 2.17. The molecule has 2 rings (SSSR count). The van der Waals surface area contributed by atoms with E-state index in [4.69, 9.17) is 0 Å². The third-order valence-electron chi connectivity index (χ3n) is 5.13. The number of rotatable bonds is 9. The molecule has 1 saturated heterocycles. The van der Waals surface area contributed by atoms with Gasteiger partial charge in [-0.2, -0.15) is 0 Å². The summed E-state index contributed by atoms with van der Waals surface area (Å²) in [4.78, 5) is 14.6. The number of carbonyl (C=O) groups excluding carboxylic acids is 1. The first-order valence-electron chi connectivity index (χ1n) is 9.84. The Morgan fingerprint density at radius 1 is 1.19 bits per heavy atom. The van der Waals surface area contributed by atoms with Gasteiger partial charge < -0.3 is 10.2 Å². The van der Waals surface area contributed by atoms with Crippen molar-refractivity contribution in [2.45, 2.75) is 51.3 Å². The van der Waals surface area contributed by atoms with Crippen LogP contribution in [0, 0.1) is 19.8 Å². The Morgan fingerprint density at radius 2 is 1.89 bits per heavy atom. The molecule has 152 valence electrons. The Kier molecular flexibility index (Phi) is 8.26. The lowest BCUT2D eigenvalue weighted by molar-refractivity contribution is -0.120. The number of nitrogens with one attached hydrogen (secondary N) is 2. The number of nitrogens with zero attached hydrogens (tertiary/aromatic N) is 1. The molecule has 1 amide bonds. The molecule has 0 atom stereocenters. The van der Waals surface area contributed by atoms with Crippen molar-refractivity contribution in [3.63, 3.8) is 0 Å². The SMILES string of the molecule is Cc1ccc(C)c(S(=O)(=O)NCCC(=O)NCCCN2CCC(C)CC2)c1. The van der Waals surface area contributed by atoms with Crippen molar-refractivity contribution in [1.29, 1.82) is 0 Å². The minimum Gasteiger partial charge on any atom is -0.356 e. The second-order valence-corrected chi connectivity index (χ2v) is 9.38. The molecule has 0 aromatic heterocycles. The first-order valence-corrected chi connectivity index (χ1v) is 11.3. The van der Waals surface area contributed by atoms with Crippen molar-refractivity contribution < 1.29 is 13.2 Å². The van der Waals surface area contributed by atoms with Crippen molar-refractivity contribution in [3.05, 3.63) is 29.3 Å². The van der Waals surface area contributed by atoms with Crippen LogP contribution >= 0.6 is 0 Å². The van der Waals surface area contributed by atoms with Crippen molar-refractivity contribution in [2.24, 2.45) is 5.92 Å². The van der Waals surface area contributed by atoms with Crippen LogP contribution in [0.1, 0.15) is 43.7 Å². The molecule has 6 nitrogen and oxygen atoms in total. The second-order valence-electron chi connectivity index (χ2n) is 7.64. The minimum atomic E-state index is -3.59. The molecule has 2 N–H and O–H groups in total. The third kappa shape index (κ3) is 7.24. The zero-order chi connectivity index (χ0) is 19.9. The fourth-order valence-corrected chi connectivity index (χ4v) is 4.64. The maximum absolute atomic E-state index is 12.4. The molecule has 1 aliphatic heterocycles. The van der Waals surface area contributed by atoms with Crippen LogP contribution in [0.15, 0.2) is 23.1 Å². The molecule has 0 unspecified atom stereocenters. The molecule has 1 aromatic rings. The number of hydrogen-bond donors (Lipinski definition) is 2. The minimum absolute atomic E-state index is 0.103. The zero-order valence-corrected chi connectivity index (χ0v) is 17.6. The number of benzene rings is 1. The highest BCUT2D eigenvalue weighted by Crippen LogP contribution is 2.17. The summed E-state index contributed by atoms with van der Waals surface area (Å²) in [6.07, 6.45) is 3.58. The number of carbonyl (C=O) groups is 1. The van der Waals surface area contributed by atoms with Gasteiger partial charge in [0, 0.05) is 19.5 Å². The molecule has 0 spiro atoms. The third-order valence-corrected chi connectivity index (χ3v) is 6.73. The van der Waals surface area contributed by atoms with Crippen LogP contribution < -0.4 is 10.0 Å². The van der Waals surface area contributed by atoms with Crippen LogP contribution in [0.25, 0.3) is 0 Å².